The van der Waals surface area contributed by atoms with Crippen molar-refractivity contribution in [2.45, 2.75) is 90.6 Å². The average Bonchev–Trinajstić information content (AvgIpc) is 2.51. The summed E-state index contributed by atoms with van der Waals surface area (Å²) in [6, 6.07) is 7.07. The van der Waals surface area contributed by atoms with Crippen molar-refractivity contribution in [2.75, 3.05) is 0 Å². The van der Waals surface area contributed by atoms with Crippen molar-refractivity contribution in [3.05, 3.63) is 41.0 Å². The number of hydrogen-bond acceptors (Lipinski definition) is 1. The van der Waals surface area contributed by atoms with Gasteiger partial charge in [0, 0.05) is 5.92 Å². The summed E-state index contributed by atoms with van der Waals surface area (Å²) in [5, 5.41) is 0. The van der Waals surface area contributed by atoms with Gasteiger partial charge < -0.3 is 4.74 Å². The Bertz CT molecular complexity index is 635. The summed E-state index contributed by atoms with van der Waals surface area (Å²) in [5.74, 6) is 2.34. The van der Waals surface area contributed by atoms with Crippen molar-refractivity contribution < 1.29 is 4.74 Å². The minimum absolute atomic E-state index is 0.0823. The number of fused-ring (bicyclic) bond motifs is 3. The first-order chi connectivity index (χ1) is 11.2. The van der Waals surface area contributed by atoms with E-state index in [0.29, 0.717) is 11.8 Å². The van der Waals surface area contributed by atoms with Crippen LogP contribution in [0.1, 0.15) is 90.7 Å². The minimum Gasteiger partial charge on any atom is -0.487 e. The first kappa shape index (κ1) is 17.6. The summed E-state index contributed by atoms with van der Waals surface area (Å²) in [4.78, 5) is 0. The van der Waals surface area contributed by atoms with E-state index in [-0.39, 0.29) is 11.0 Å². The van der Waals surface area contributed by atoms with Crippen LogP contribution in [-0.2, 0) is 5.41 Å². The van der Waals surface area contributed by atoms with Gasteiger partial charge in [-0.3, -0.25) is 0 Å². The van der Waals surface area contributed by atoms with Crippen LogP contribution in [0, 0.1) is 5.92 Å². The molecular weight excluding hydrogens is 292 g/mol. The fourth-order valence-corrected chi connectivity index (χ4v) is 4.63. The molecule has 0 fully saturated rings. The zero-order valence-corrected chi connectivity index (χ0v) is 16.4. The minimum atomic E-state index is -0.0823. The van der Waals surface area contributed by atoms with E-state index < -0.39 is 0 Å². The van der Waals surface area contributed by atoms with Gasteiger partial charge in [-0.05, 0) is 68.6 Å². The van der Waals surface area contributed by atoms with E-state index >= 15 is 0 Å². The highest BCUT2D eigenvalue weighted by atomic mass is 16.5. The zero-order valence-electron chi connectivity index (χ0n) is 16.4. The van der Waals surface area contributed by atoms with E-state index in [4.69, 9.17) is 4.74 Å². The predicted octanol–water partition coefficient (Wildman–Crippen LogP) is 6.77. The number of benzene rings is 1. The van der Waals surface area contributed by atoms with Crippen LogP contribution in [0.2, 0.25) is 0 Å². The van der Waals surface area contributed by atoms with E-state index in [0.717, 1.165) is 12.2 Å². The van der Waals surface area contributed by atoms with Crippen LogP contribution in [0.3, 0.4) is 0 Å². The lowest BCUT2D eigenvalue weighted by atomic mass is 9.67. The Hall–Kier alpha value is -1.24. The standard InChI is InChI=1S/C23H34O/c1-7-8-13-22(3,4)17-10-11-18-19-14-16(2)9-12-20(19)23(5,6)24-21(18)15-17/h9-11,15,19-20H,7-8,12-14H2,1-6H3. The van der Waals surface area contributed by atoms with Crippen LogP contribution in [0.5, 0.6) is 5.75 Å². The molecule has 2 aliphatic rings. The average molecular weight is 327 g/mol. The van der Waals surface area contributed by atoms with Crippen LogP contribution in [0.4, 0.5) is 0 Å². The quantitative estimate of drug-likeness (QED) is 0.555. The van der Waals surface area contributed by atoms with Gasteiger partial charge in [-0.1, -0.05) is 57.4 Å². The second-order valence-corrected chi connectivity index (χ2v) is 9.15. The molecule has 1 aromatic rings. The summed E-state index contributed by atoms with van der Waals surface area (Å²) in [6.45, 7) is 13.8. The third kappa shape index (κ3) is 3.15. The lowest BCUT2D eigenvalue weighted by Gasteiger charge is -2.47. The zero-order chi connectivity index (χ0) is 17.5. The van der Waals surface area contributed by atoms with Crippen molar-refractivity contribution in [3.8, 4) is 5.75 Å². The second kappa shape index (κ2) is 6.24. The van der Waals surface area contributed by atoms with Gasteiger partial charge in [-0.15, -0.1) is 0 Å². The highest BCUT2D eigenvalue weighted by Crippen LogP contribution is 2.52. The molecular formula is C23H34O. The maximum atomic E-state index is 6.54. The third-order valence-electron chi connectivity index (χ3n) is 6.36. The second-order valence-electron chi connectivity index (χ2n) is 9.15. The number of rotatable bonds is 4. The van der Waals surface area contributed by atoms with Crippen LogP contribution in [-0.4, -0.2) is 5.60 Å². The molecule has 0 saturated carbocycles. The highest BCUT2D eigenvalue weighted by molar-refractivity contribution is 5.46. The number of unbranched alkanes of at least 4 members (excludes halogenated alkanes) is 1. The van der Waals surface area contributed by atoms with Gasteiger partial charge >= 0.3 is 0 Å². The van der Waals surface area contributed by atoms with Gasteiger partial charge in [0.05, 0.1) is 0 Å². The first-order valence-electron chi connectivity index (χ1n) is 9.73. The number of allylic oxidation sites excluding steroid dienone is 2. The van der Waals surface area contributed by atoms with E-state index in [9.17, 15) is 0 Å². The van der Waals surface area contributed by atoms with E-state index in [2.05, 4.69) is 65.8 Å². The smallest absolute Gasteiger partial charge is 0.123 e. The Kier molecular flexibility index (Phi) is 4.57. The van der Waals surface area contributed by atoms with Gasteiger partial charge in [0.2, 0.25) is 0 Å². The Labute approximate surface area is 148 Å². The summed E-state index contributed by atoms with van der Waals surface area (Å²) >= 11 is 0. The summed E-state index contributed by atoms with van der Waals surface area (Å²) < 4.78 is 6.54. The predicted molar refractivity (Wildman–Crippen MR) is 103 cm³/mol. The SMILES string of the molecule is CCCCC(C)(C)c1ccc2c(c1)OC(C)(C)C1CC=C(C)CC21. The molecule has 1 aliphatic carbocycles. The third-order valence-corrected chi connectivity index (χ3v) is 6.36. The molecule has 0 spiro atoms. The Morgan fingerprint density at radius 3 is 2.71 bits per heavy atom. The molecule has 3 rings (SSSR count). The molecule has 0 bridgehead atoms. The van der Waals surface area contributed by atoms with Crippen molar-refractivity contribution in [3.63, 3.8) is 0 Å². The molecule has 1 aromatic carbocycles. The number of hydrogen-bond donors (Lipinski definition) is 0. The number of ether oxygens (including phenoxy) is 1. The Morgan fingerprint density at radius 2 is 2.00 bits per heavy atom. The molecule has 1 heteroatoms. The van der Waals surface area contributed by atoms with Crippen molar-refractivity contribution in [2.24, 2.45) is 5.92 Å². The molecule has 2 atom stereocenters. The molecule has 2 unspecified atom stereocenters. The van der Waals surface area contributed by atoms with Gasteiger partial charge in [0.25, 0.3) is 0 Å². The molecule has 0 N–H and O–H groups in total. The summed E-state index contributed by atoms with van der Waals surface area (Å²) in [6.07, 6.45) is 8.52. The topological polar surface area (TPSA) is 9.23 Å². The maximum absolute atomic E-state index is 6.54. The van der Waals surface area contributed by atoms with Crippen molar-refractivity contribution in [1.82, 2.24) is 0 Å². The Balaban J connectivity index is 1.97. The van der Waals surface area contributed by atoms with E-state index in [1.54, 1.807) is 0 Å². The summed E-state index contributed by atoms with van der Waals surface area (Å²) in [7, 11) is 0. The molecule has 0 aromatic heterocycles. The van der Waals surface area contributed by atoms with Crippen molar-refractivity contribution in [1.29, 1.82) is 0 Å². The van der Waals surface area contributed by atoms with Crippen LogP contribution in [0.25, 0.3) is 0 Å². The monoisotopic (exact) mass is 326 g/mol. The van der Waals surface area contributed by atoms with Crippen LogP contribution < -0.4 is 4.74 Å². The Morgan fingerprint density at radius 1 is 1.25 bits per heavy atom. The van der Waals surface area contributed by atoms with Crippen LogP contribution >= 0.6 is 0 Å². The van der Waals surface area contributed by atoms with E-state index in [1.165, 1.54) is 42.4 Å². The molecule has 0 saturated heterocycles. The molecule has 0 radical (unpaired) electrons. The van der Waals surface area contributed by atoms with Crippen LogP contribution in [0.15, 0.2) is 29.8 Å². The fraction of sp³-hybridized carbons (Fsp3) is 0.652. The van der Waals surface area contributed by atoms with E-state index in [1.807, 2.05) is 0 Å². The van der Waals surface area contributed by atoms with Gasteiger partial charge in [0.15, 0.2) is 0 Å². The lowest BCUT2D eigenvalue weighted by Crippen LogP contribution is -2.45. The highest BCUT2D eigenvalue weighted by Gasteiger charge is 2.44. The fourth-order valence-electron chi connectivity index (χ4n) is 4.63. The molecule has 132 valence electrons. The van der Waals surface area contributed by atoms with Crippen molar-refractivity contribution >= 4 is 0 Å². The lowest BCUT2D eigenvalue weighted by molar-refractivity contribution is 0.00837. The first-order valence-corrected chi connectivity index (χ1v) is 9.73. The molecule has 1 heterocycles. The van der Waals surface area contributed by atoms with Gasteiger partial charge in [0.1, 0.15) is 11.4 Å². The van der Waals surface area contributed by atoms with Gasteiger partial charge in [-0.25, -0.2) is 0 Å². The maximum Gasteiger partial charge on any atom is 0.123 e. The normalized spacial score (nSPS) is 25.3. The molecule has 24 heavy (non-hydrogen) atoms. The largest absolute Gasteiger partial charge is 0.487 e. The van der Waals surface area contributed by atoms with Gasteiger partial charge in [-0.2, -0.15) is 0 Å². The molecule has 1 aliphatic heterocycles. The summed E-state index contributed by atoms with van der Waals surface area (Å²) in [5.41, 5.74) is 4.53. The molecule has 0 amide bonds. The molecule has 1 nitrogen and oxygen atoms in total.